The summed E-state index contributed by atoms with van der Waals surface area (Å²) in [5.74, 6) is 0.732. The van der Waals surface area contributed by atoms with Gasteiger partial charge in [-0.25, -0.2) is 4.98 Å². The Labute approximate surface area is 163 Å². The Bertz CT molecular complexity index is 957. The Morgan fingerprint density at radius 1 is 1.30 bits per heavy atom. The fourth-order valence-electron chi connectivity index (χ4n) is 3.61. The van der Waals surface area contributed by atoms with E-state index in [4.69, 9.17) is 11.6 Å². The van der Waals surface area contributed by atoms with E-state index in [1.807, 2.05) is 4.40 Å². The standard InChI is InChI=1S/C19H23ClN6O/c1-12(2)25-7-3-4-14(10-25)22-19-24-23-18(16-9-21-11-26(16)19)15-6-5-13(20)8-17(15)27/h5-6,8-9,11-12,14,27H,3-4,7,10H2,1-2H3,(H,22,24)/t14-/m0/s1. The molecule has 7 nitrogen and oxygen atoms in total. The number of nitrogens with zero attached hydrogens (tertiary/aromatic N) is 5. The zero-order valence-corrected chi connectivity index (χ0v) is 16.2. The minimum atomic E-state index is 0.0699. The molecule has 0 spiro atoms. The van der Waals surface area contributed by atoms with Gasteiger partial charge in [-0.05, 0) is 51.4 Å². The van der Waals surface area contributed by atoms with Crippen molar-refractivity contribution in [2.45, 2.75) is 38.8 Å². The molecule has 2 N–H and O–H groups in total. The lowest BCUT2D eigenvalue weighted by molar-refractivity contribution is 0.174. The molecule has 4 rings (SSSR count). The topological polar surface area (TPSA) is 78.6 Å². The number of aromatic nitrogens is 4. The highest BCUT2D eigenvalue weighted by Crippen LogP contribution is 2.33. The van der Waals surface area contributed by atoms with Gasteiger partial charge in [-0.1, -0.05) is 11.6 Å². The molecule has 0 amide bonds. The van der Waals surface area contributed by atoms with Gasteiger partial charge in [0.2, 0.25) is 5.95 Å². The van der Waals surface area contributed by atoms with Gasteiger partial charge in [0.15, 0.2) is 0 Å². The molecule has 27 heavy (non-hydrogen) atoms. The van der Waals surface area contributed by atoms with Crippen LogP contribution in [-0.4, -0.2) is 54.8 Å². The molecule has 1 atom stereocenters. The summed E-state index contributed by atoms with van der Waals surface area (Å²) >= 11 is 5.94. The molecule has 0 saturated carbocycles. The predicted octanol–water partition coefficient (Wildman–Crippen LogP) is 3.44. The van der Waals surface area contributed by atoms with Crippen molar-refractivity contribution in [3.8, 4) is 17.0 Å². The van der Waals surface area contributed by atoms with Gasteiger partial charge in [0, 0.05) is 29.2 Å². The largest absolute Gasteiger partial charge is 0.507 e. The minimum absolute atomic E-state index is 0.0699. The molecule has 142 valence electrons. The number of aromatic hydroxyl groups is 1. The fraction of sp³-hybridized carbons (Fsp3) is 0.421. The molecule has 1 aliphatic heterocycles. The summed E-state index contributed by atoms with van der Waals surface area (Å²) < 4.78 is 1.88. The third-order valence-corrected chi connectivity index (χ3v) is 5.32. The molecule has 3 heterocycles. The van der Waals surface area contributed by atoms with Gasteiger partial charge in [-0.3, -0.25) is 9.30 Å². The molecule has 8 heteroatoms. The molecule has 3 aromatic rings. The second-order valence-electron chi connectivity index (χ2n) is 7.25. The lowest BCUT2D eigenvalue weighted by Crippen LogP contribution is -2.45. The number of anilines is 1. The summed E-state index contributed by atoms with van der Waals surface area (Å²) in [6.45, 7) is 6.57. The lowest BCUT2D eigenvalue weighted by atomic mass is 10.0. The van der Waals surface area contributed by atoms with E-state index in [-0.39, 0.29) is 5.75 Å². The number of likely N-dealkylation sites (tertiary alicyclic amines) is 1. The van der Waals surface area contributed by atoms with Crippen LogP contribution in [0.15, 0.2) is 30.7 Å². The summed E-state index contributed by atoms with van der Waals surface area (Å²) in [6.07, 6.45) is 5.70. The Balaban J connectivity index is 1.65. The number of benzene rings is 1. The number of imidazole rings is 1. The fourth-order valence-corrected chi connectivity index (χ4v) is 3.77. The van der Waals surface area contributed by atoms with Crippen molar-refractivity contribution in [1.29, 1.82) is 0 Å². The number of phenols is 1. The van der Waals surface area contributed by atoms with Crippen LogP contribution < -0.4 is 5.32 Å². The molecular weight excluding hydrogens is 364 g/mol. The number of fused-ring (bicyclic) bond motifs is 1. The van der Waals surface area contributed by atoms with E-state index in [0.717, 1.165) is 31.4 Å². The minimum Gasteiger partial charge on any atom is -0.507 e. The summed E-state index contributed by atoms with van der Waals surface area (Å²) in [4.78, 5) is 6.73. The number of halogens is 1. The zero-order valence-electron chi connectivity index (χ0n) is 15.4. The van der Waals surface area contributed by atoms with Gasteiger partial charge >= 0.3 is 0 Å². The van der Waals surface area contributed by atoms with Crippen LogP contribution in [0.4, 0.5) is 5.95 Å². The van der Waals surface area contributed by atoms with Crippen LogP contribution in [0.25, 0.3) is 16.8 Å². The second kappa shape index (κ2) is 7.32. The number of rotatable bonds is 4. The van der Waals surface area contributed by atoms with E-state index < -0.39 is 0 Å². The smallest absolute Gasteiger partial charge is 0.229 e. The molecule has 0 aliphatic carbocycles. The quantitative estimate of drug-likeness (QED) is 0.715. The molecule has 0 unspecified atom stereocenters. The van der Waals surface area contributed by atoms with E-state index in [0.29, 0.717) is 34.3 Å². The average molecular weight is 387 g/mol. The molecule has 1 saturated heterocycles. The van der Waals surface area contributed by atoms with Crippen LogP contribution in [0.3, 0.4) is 0 Å². The monoisotopic (exact) mass is 386 g/mol. The van der Waals surface area contributed by atoms with Crippen LogP contribution in [0.2, 0.25) is 5.02 Å². The maximum atomic E-state index is 10.3. The summed E-state index contributed by atoms with van der Waals surface area (Å²) in [7, 11) is 0. The van der Waals surface area contributed by atoms with Crippen molar-refractivity contribution in [2.24, 2.45) is 0 Å². The molecule has 1 fully saturated rings. The predicted molar refractivity (Wildman–Crippen MR) is 106 cm³/mol. The summed E-state index contributed by atoms with van der Waals surface area (Å²) in [5.41, 5.74) is 1.92. The molecule has 2 aromatic heterocycles. The number of hydrogen-bond acceptors (Lipinski definition) is 6. The Morgan fingerprint density at radius 2 is 2.15 bits per heavy atom. The van der Waals surface area contributed by atoms with E-state index in [9.17, 15) is 5.11 Å². The van der Waals surface area contributed by atoms with Crippen molar-refractivity contribution >= 4 is 23.1 Å². The van der Waals surface area contributed by atoms with Crippen LogP contribution in [0.5, 0.6) is 5.75 Å². The molecule has 1 aliphatic rings. The highest BCUT2D eigenvalue weighted by molar-refractivity contribution is 6.30. The van der Waals surface area contributed by atoms with E-state index in [1.165, 1.54) is 6.07 Å². The molecule has 0 radical (unpaired) electrons. The molecule has 0 bridgehead atoms. The first-order chi connectivity index (χ1) is 13.0. The van der Waals surface area contributed by atoms with Crippen molar-refractivity contribution in [1.82, 2.24) is 24.5 Å². The first-order valence-electron chi connectivity index (χ1n) is 9.21. The van der Waals surface area contributed by atoms with Crippen molar-refractivity contribution in [3.63, 3.8) is 0 Å². The normalized spacial score (nSPS) is 18.3. The van der Waals surface area contributed by atoms with Gasteiger partial charge < -0.3 is 10.4 Å². The van der Waals surface area contributed by atoms with Crippen LogP contribution in [0.1, 0.15) is 26.7 Å². The second-order valence-corrected chi connectivity index (χ2v) is 7.69. The van der Waals surface area contributed by atoms with E-state index >= 15 is 0 Å². The average Bonchev–Trinajstić information content (AvgIpc) is 3.13. The zero-order chi connectivity index (χ0) is 19.0. The summed E-state index contributed by atoms with van der Waals surface area (Å²) in [6, 6.07) is 5.81. The van der Waals surface area contributed by atoms with Crippen molar-refractivity contribution in [3.05, 3.63) is 35.7 Å². The Kier molecular flexibility index (Phi) is 4.88. The first-order valence-corrected chi connectivity index (χ1v) is 9.59. The van der Waals surface area contributed by atoms with E-state index in [2.05, 4.69) is 39.2 Å². The van der Waals surface area contributed by atoms with Crippen LogP contribution in [0, 0.1) is 0 Å². The number of phenolic OH excluding ortho intramolecular Hbond substituents is 1. The number of hydrogen-bond donors (Lipinski definition) is 2. The first kappa shape index (κ1) is 18.0. The lowest BCUT2D eigenvalue weighted by Gasteiger charge is -2.35. The van der Waals surface area contributed by atoms with Gasteiger partial charge in [0.25, 0.3) is 0 Å². The Morgan fingerprint density at radius 3 is 2.93 bits per heavy atom. The highest BCUT2D eigenvalue weighted by Gasteiger charge is 2.23. The molecular formula is C19H23ClN6O. The number of piperidine rings is 1. The third kappa shape index (κ3) is 3.57. The highest BCUT2D eigenvalue weighted by atomic mass is 35.5. The van der Waals surface area contributed by atoms with Crippen LogP contribution >= 0.6 is 11.6 Å². The van der Waals surface area contributed by atoms with Gasteiger partial charge in [-0.2, -0.15) is 0 Å². The maximum Gasteiger partial charge on any atom is 0.229 e. The van der Waals surface area contributed by atoms with Gasteiger partial charge in [-0.15, -0.1) is 10.2 Å². The molecule has 1 aromatic carbocycles. The van der Waals surface area contributed by atoms with Crippen molar-refractivity contribution in [2.75, 3.05) is 18.4 Å². The SMILES string of the molecule is CC(C)N1CCC[C@H](Nc2nnc(-c3ccc(Cl)cc3O)c3cncn23)C1. The van der Waals surface area contributed by atoms with Crippen LogP contribution in [-0.2, 0) is 0 Å². The van der Waals surface area contributed by atoms with Crippen molar-refractivity contribution < 1.29 is 5.11 Å². The van der Waals surface area contributed by atoms with Gasteiger partial charge in [0.05, 0.1) is 11.7 Å². The third-order valence-electron chi connectivity index (χ3n) is 5.09. The number of nitrogens with one attached hydrogen (secondary N) is 1. The summed E-state index contributed by atoms with van der Waals surface area (Å²) in [5, 5.41) is 23.0. The maximum absolute atomic E-state index is 10.3. The van der Waals surface area contributed by atoms with E-state index in [1.54, 1.807) is 24.7 Å². The van der Waals surface area contributed by atoms with Gasteiger partial charge in [0.1, 0.15) is 17.8 Å². The Hall–Kier alpha value is -2.38.